The summed E-state index contributed by atoms with van der Waals surface area (Å²) in [7, 11) is 2.22. The molecule has 2 rings (SSSR count). The van der Waals surface area contributed by atoms with Crippen molar-refractivity contribution in [2.75, 3.05) is 20.5 Å². The molecule has 6 heteroatoms. The van der Waals surface area contributed by atoms with Crippen LogP contribution in [0.5, 0.6) is 11.5 Å². The first-order valence-electron chi connectivity index (χ1n) is 7.41. The maximum Gasteiger partial charge on any atom is 0.251 e. The fourth-order valence-corrected chi connectivity index (χ4v) is 2.96. The van der Waals surface area contributed by atoms with Crippen LogP contribution in [0.25, 0.3) is 0 Å². The van der Waals surface area contributed by atoms with Gasteiger partial charge < -0.3 is 14.8 Å². The first-order chi connectivity index (χ1) is 11.5. The molecule has 0 aliphatic carbocycles. The molecule has 0 fully saturated rings. The van der Waals surface area contributed by atoms with Crippen molar-refractivity contribution in [2.24, 2.45) is 0 Å². The smallest absolute Gasteiger partial charge is 0.251 e. The molecule has 1 N–H and O–H groups in total. The van der Waals surface area contributed by atoms with Crippen molar-refractivity contribution in [3.8, 4) is 11.5 Å². The van der Waals surface area contributed by atoms with Crippen LogP contribution in [0.1, 0.15) is 21.5 Å². The van der Waals surface area contributed by atoms with Gasteiger partial charge in [-0.05, 0) is 35.4 Å². The van der Waals surface area contributed by atoms with E-state index >= 15 is 0 Å². The van der Waals surface area contributed by atoms with Crippen LogP contribution < -0.4 is 14.8 Å². The normalized spacial score (nSPS) is 11.6. The number of nitrogens with one attached hydrogen (secondary N) is 1. The number of carbonyl (C=O) groups excluding carboxylic acids is 1. The second-order valence-corrected chi connectivity index (χ2v) is 6.72. The van der Waals surface area contributed by atoms with Crippen molar-refractivity contribution in [2.45, 2.75) is 12.3 Å². The van der Waals surface area contributed by atoms with E-state index < -0.39 is 10.8 Å². The molecule has 1 amide bonds. The second kappa shape index (κ2) is 8.49. The zero-order chi connectivity index (χ0) is 17.5. The Bertz CT molecular complexity index is 746. The fraction of sp³-hybridized carbons (Fsp3) is 0.278. The summed E-state index contributed by atoms with van der Waals surface area (Å²) in [6.07, 6.45) is 1.64. The van der Waals surface area contributed by atoms with Gasteiger partial charge in [-0.25, -0.2) is 0 Å². The maximum absolute atomic E-state index is 12.3. The molecular formula is C18H21NO4S. The van der Waals surface area contributed by atoms with Gasteiger partial charge in [0.25, 0.3) is 5.91 Å². The van der Waals surface area contributed by atoms with Crippen LogP contribution in [-0.4, -0.2) is 30.6 Å². The average molecular weight is 347 g/mol. The lowest BCUT2D eigenvalue weighted by Crippen LogP contribution is -2.22. The highest BCUT2D eigenvalue weighted by Gasteiger charge is 2.09. The summed E-state index contributed by atoms with van der Waals surface area (Å²) >= 11 is 0. The van der Waals surface area contributed by atoms with Gasteiger partial charge in [0.05, 0.1) is 14.2 Å². The summed E-state index contributed by atoms with van der Waals surface area (Å²) in [5, 5.41) is 2.87. The summed E-state index contributed by atoms with van der Waals surface area (Å²) in [5.41, 5.74) is 2.35. The molecule has 0 radical (unpaired) electrons. The molecule has 2 aromatic carbocycles. The monoisotopic (exact) mass is 347 g/mol. The summed E-state index contributed by atoms with van der Waals surface area (Å²) in [5.74, 6) is 1.54. The summed E-state index contributed by atoms with van der Waals surface area (Å²) in [6.45, 7) is 0.378. The van der Waals surface area contributed by atoms with Crippen molar-refractivity contribution < 1.29 is 18.5 Å². The van der Waals surface area contributed by atoms with Crippen LogP contribution >= 0.6 is 0 Å². The minimum absolute atomic E-state index is 0.173. The van der Waals surface area contributed by atoms with Crippen LogP contribution in [-0.2, 0) is 23.1 Å². The SMILES string of the molecule is COc1ccc(CNC(=O)c2cccc(CS(C)=O)c2)cc1OC. The fourth-order valence-electron chi connectivity index (χ4n) is 2.31. The number of methoxy groups -OCH3 is 2. The molecule has 0 saturated heterocycles. The van der Waals surface area contributed by atoms with Gasteiger partial charge in [-0.3, -0.25) is 9.00 Å². The highest BCUT2D eigenvalue weighted by atomic mass is 32.2. The van der Waals surface area contributed by atoms with Gasteiger partial charge in [-0.1, -0.05) is 18.2 Å². The Morgan fingerprint density at radius 3 is 2.46 bits per heavy atom. The van der Waals surface area contributed by atoms with Gasteiger partial charge in [0.2, 0.25) is 0 Å². The number of amides is 1. The number of ether oxygens (including phenoxy) is 2. The van der Waals surface area contributed by atoms with Gasteiger partial charge in [0.1, 0.15) is 0 Å². The molecule has 1 atom stereocenters. The quantitative estimate of drug-likeness (QED) is 0.836. The second-order valence-electron chi connectivity index (χ2n) is 5.29. The number of hydrogen-bond donors (Lipinski definition) is 1. The van der Waals surface area contributed by atoms with Gasteiger partial charge in [0, 0.05) is 34.9 Å². The molecule has 0 aliphatic heterocycles. The Balaban J connectivity index is 2.04. The van der Waals surface area contributed by atoms with Crippen molar-refractivity contribution in [1.82, 2.24) is 5.32 Å². The van der Waals surface area contributed by atoms with E-state index in [2.05, 4.69) is 5.32 Å². The van der Waals surface area contributed by atoms with Crippen molar-refractivity contribution in [1.29, 1.82) is 0 Å². The Labute approximate surface area is 144 Å². The number of hydrogen-bond acceptors (Lipinski definition) is 4. The largest absolute Gasteiger partial charge is 0.493 e. The van der Waals surface area contributed by atoms with E-state index in [1.54, 1.807) is 44.7 Å². The standard InChI is InChI=1S/C18H21NO4S/c1-22-16-8-7-13(10-17(16)23-2)11-19-18(20)15-6-4-5-14(9-15)12-24(3)21/h4-10H,11-12H2,1-3H3,(H,19,20). The average Bonchev–Trinajstić information content (AvgIpc) is 2.59. The predicted molar refractivity (Wildman–Crippen MR) is 94.9 cm³/mol. The van der Waals surface area contributed by atoms with E-state index in [-0.39, 0.29) is 5.91 Å². The molecule has 0 bridgehead atoms. The molecule has 5 nitrogen and oxygen atoms in total. The van der Waals surface area contributed by atoms with Gasteiger partial charge in [-0.2, -0.15) is 0 Å². The van der Waals surface area contributed by atoms with Crippen LogP contribution in [0.4, 0.5) is 0 Å². The lowest BCUT2D eigenvalue weighted by Gasteiger charge is -2.10. The molecule has 0 saturated carbocycles. The summed E-state index contributed by atoms with van der Waals surface area (Å²) in [4.78, 5) is 12.3. The minimum Gasteiger partial charge on any atom is -0.493 e. The highest BCUT2D eigenvalue weighted by molar-refractivity contribution is 7.83. The van der Waals surface area contributed by atoms with E-state index in [1.165, 1.54) is 0 Å². The molecule has 1 unspecified atom stereocenters. The van der Waals surface area contributed by atoms with E-state index in [9.17, 15) is 9.00 Å². The zero-order valence-electron chi connectivity index (χ0n) is 14.0. The van der Waals surface area contributed by atoms with Crippen LogP contribution in [0, 0.1) is 0 Å². The molecular weight excluding hydrogens is 326 g/mol. The molecule has 0 aliphatic rings. The Morgan fingerprint density at radius 1 is 1.04 bits per heavy atom. The van der Waals surface area contributed by atoms with Crippen LogP contribution in [0.15, 0.2) is 42.5 Å². The first kappa shape index (κ1) is 18.0. The Kier molecular flexibility index (Phi) is 6.37. The zero-order valence-corrected chi connectivity index (χ0v) is 14.8. The Morgan fingerprint density at radius 2 is 1.79 bits per heavy atom. The molecule has 128 valence electrons. The third-order valence-electron chi connectivity index (χ3n) is 3.46. The minimum atomic E-state index is -0.936. The van der Waals surface area contributed by atoms with Crippen LogP contribution in [0.3, 0.4) is 0 Å². The van der Waals surface area contributed by atoms with Gasteiger partial charge in [0.15, 0.2) is 11.5 Å². The van der Waals surface area contributed by atoms with Crippen LogP contribution in [0.2, 0.25) is 0 Å². The maximum atomic E-state index is 12.3. The number of benzene rings is 2. The van der Waals surface area contributed by atoms with E-state index in [0.717, 1.165) is 11.1 Å². The summed E-state index contributed by atoms with van der Waals surface area (Å²) in [6, 6.07) is 12.7. The molecule has 0 heterocycles. The number of carbonyl (C=O) groups is 1. The first-order valence-corrected chi connectivity index (χ1v) is 9.14. The summed E-state index contributed by atoms with van der Waals surface area (Å²) < 4.78 is 21.8. The lowest BCUT2D eigenvalue weighted by atomic mass is 10.1. The van der Waals surface area contributed by atoms with Crippen molar-refractivity contribution >= 4 is 16.7 Å². The molecule has 24 heavy (non-hydrogen) atoms. The van der Waals surface area contributed by atoms with E-state index in [0.29, 0.717) is 29.4 Å². The predicted octanol–water partition coefficient (Wildman–Crippen LogP) is 2.51. The lowest BCUT2D eigenvalue weighted by molar-refractivity contribution is 0.0950. The molecule has 0 aromatic heterocycles. The molecule has 2 aromatic rings. The van der Waals surface area contributed by atoms with E-state index in [1.807, 2.05) is 18.2 Å². The topological polar surface area (TPSA) is 64.6 Å². The van der Waals surface area contributed by atoms with E-state index in [4.69, 9.17) is 9.47 Å². The van der Waals surface area contributed by atoms with Crippen molar-refractivity contribution in [3.63, 3.8) is 0 Å². The van der Waals surface area contributed by atoms with Gasteiger partial charge in [-0.15, -0.1) is 0 Å². The highest BCUT2D eigenvalue weighted by Crippen LogP contribution is 2.27. The third kappa shape index (κ3) is 4.83. The van der Waals surface area contributed by atoms with Gasteiger partial charge >= 0.3 is 0 Å². The Hall–Kier alpha value is -2.34. The number of rotatable bonds is 7. The third-order valence-corrected chi connectivity index (χ3v) is 4.20. The molecule has 0 spiro atoms. The van der Waals surface area contributed by atoms with Crippen molar-refractivity contribution in [3.05, 3.63) is 59.2 Å².